The van der Waals surface area contributed by atoms with Crippen LogP contribution in [0.1, 0.15) is 49.4 Å². The summed E-state index contributed by atoms with van der Waals surface area (Å²) >= 11 is 1.85. The Morgan fingerprint density at radius 1 is 1.41 bits per heavy atom. The van der Waals surface area contributed by atoms with Gasteiger partial charge in [0.2, 0.25) is 0 Å². The van der Waals surface area contributed by atoms with E-state index in [0.717, 1.165) is 32.6 Å². The Hall–Kier alpha value is -0.450. The first-order valence-electron chi connectivity index (χ1n) is 6.32. The molecule has 0 bridgehead atoms. The van der Waals surface area contributed by atoms with Crippen LogP contribution in [0.3, 0.4) is 0 Å². The normalized spacial score (nSPS) is 18.5. The first-order chi connectivity index (χ1) is 8.04. The van der Waals surface area contributed by atoms with E-state index >= 15 is 0 Å². The standard InChI is InChI=1S/C13H22N2OS/c1-13(2,3)15-9-11-8-14-12(17-11)10-4-6-16-7-5-10/h8,10,15H,4-7,9H2,1-3H3. The van der Waals surface area contributed by atoms with Crippen LogP contribution in [0.15, 0.2) is 6.20 Å². The second kappa shape index (κ2) is 5.46. The van der Waals surface area contributed by atoms with E-state index in [1.54, 1.807) is 0 Å². The van der Waals surface area contributed by atoms with Gasteiger partial charge in [0.1, 0.15) is 0 Å². The third kappa shape index (κ3) is 4.05. The molecule has 0 unspecified atom stereocenters. The van der Waals surface area contributed by atoms with Crippen LogP contribution in [0.4, 0.5) is 0 Å². The largest absolute Gasteiger partial charge is 0.381 e. The molecule has 0 amide bonds. The highest BCUT2D eigenvalue weighted by Crippen LogP contribution is 2.30. The highest BCUT2D eigenvalue weighted by atomic mass is 32.1. The summed E-state index contributed by atoms with van der Waals surface area (Å²) in [4.78, 5) is 5.90. The zero-order valence-electron chi connectivity index (χ0n) is 11.0. The topological polar surface area (TPSA) is 34.2 Å². The van der Waals surface area contributed by atoms with E-state index in [1.165, 1.54) is 9.88 Å². The third-order valence-corrected chi connectivity index (χ3v) is 4.09. The lowest BCUT2D eigenvalue weighted by Gasteiger charge is -2.20. The van der Waals surface area contributed by atoms with Gasteiger partial charge in [-0.1, -0.05) is 0 Å². The SMILES string of the molecule is CC(C)(C)NCc1cnc(C2CCOCC2)s1. The van der Waals surface area contributed by atoms with Crippen LogP contribution in [0.25, 0.3) is 0 Å². The summed E-state index contributed by atoms with van der Waals surface area (Å²) in [5.74, 6) is 0.622. The Kier molecular flexibility index (Phi) is 4.17. The molecule has 1 fully saturated rings. The number of nitrogens with zero attached hydrogens (tertiary/aromatic N) is 1. The summed E-state index contributed by atoms with van der Waals surface area (Å²) in [7, 11) is 0. The van der Waals surface area contributed by atoms with E-state index in [1.807, 2.05) is 17.5 Å². The number of hydrogen-bond acceptors (Lipinski definition) is 4. The first kappa shape index (κ1) is 13.0. The molecule has 0 spiro atoms. The molecule has 1 saturated heterocycles. The van der Waals surface area contributed by atoms with Gasteiger partial charge >= 0.3 is 0 Å². The molecule has 96 valence electrons. The maximum absolute atomic E-state index is 5.38. The zero-order valence-corrected chi connectivity index (χ0v) is 11.8. The minimum absolute atomic E-state index is 0.169. The van der Waals surface area contributed by atoms with Gasteiger partial charge in [-0.2, -0.15) is 0 Å². The van der Waals surface area contributed by atoms with Crippen molar-refractivity contribution in [2.45, 2.75) is 51.6 Å². The monoisotopic (exact) mass is 254 g/mol. The van der Waals surface area contributed by atoms with E-state index < -0.39 is 0 Å². The molecule has 1 aliphatic heterocycles. The molecular weight excluding hydrogens is 232 g/mol. The van der Waals surface area contributed by atoms with Crippen molar-refractivity contribution in [2.24, 2.45) is 0 Å². The van der Waals surface area contributed by atoms with Crippen molar-refractivity contribution in [3.05, 3.63) is 16.1 Å². The average Bonchev–Trinajstić information content (AvgIpc) is 2.75. The summed E-state index contributed by atoms with van der Waals surface area (Å²) < 4.78 is 5.38. The van der Waals surface area contributed by atoms with Gasteiger partial charge < -0.3 is 10.1 Å². The average molecular weight is 254 g/mol. The molecule has 4 heteroatoms. The predicted molar refractivity (Wildman–Crippen MR) is 71.5 cm³/mol. The minimum atomic E-state index is 0.169. The fourth-order valence-corrected chi connectivity index (χ4v) is 2.92. The molecule has 1 aromatic rings. The Bertz CT molecular complexity index is 351. The molecular formula is C13H22N2OS. The van der Waals surface area contributed by atoms with Gasteiger partial charge in [0.25, 0.3) is 0 Å². The van der Waals surface area contributed by atoms with Crippen molar-refractivity contribution in [2.75, 3.05) is 13.2 Å². The maximum Gasteiger partial charge on any atom is 0.0960 e. The van der Waals surface area contributed by atoms with Gasteiger partial charge in [0.15, 0.2) is 0 Å². The van der Waals surface area contributed by atoms with Gasteiger partial charge in [-0.3, -0.25) is 0 Å². The van der Waals surface area contributed by atoms with Crippen LogP contribution in [-0.2, 0) is 11.3 Å². The van der Waals surface area contributed by atoms with Crippen molar-refractivity contribution in [1.82, 2.24) is 10.3 Å². The summed E-state index contributed by atoms with van der Waals surface area (Å²) in [6.45, 7) is 9.26. The van der Waals surface area contributed by atoms with Gasteiger partial charge in [-0.25, -0.2) is 4.98 Å². The molecule has 0 radical (unpaired) electrons. The fraction of sp³-hybridized carbons (Fsp3) is 0.769. The molecule has 2 heterocycles. The summed E-state index contributed by atoms with van der Waals surface area (Å²) in [5, 5.41) is 4.79. The lowest BCUT2D eigenvalue weighted by molar-refractivity contribution is 0.0853. The molecule has 2 rings (SSSR count). The van der Waals surface area contributed by atoms with Crippen molar-refractivity contribution in [1.29, 1.82) is 0 Å². The molecule has 0 aromatic carbocycles. The van der Waals surface area contributed by atoms with E-state index in [-0.39, 0.29) is 5.54 Å². The third-order valence-electron chi connectivity index (χ3n) is 2.93. The molecule has 0 aliphatic carbocycles. The van der Waals surface area contributed by atoms with Crippen molar-refractivity contribution in [3.63, 3.8) is 0 Å². The summed E-state index contributed by atoms with van der Waals surface area (Å²) in [6, 6.07) is 0. The molecule has 1 N–H and O–H groups in total. The molecule has 0 saturated carbocycles. The molecule has 0 atom stereocenters. The molecule has 3 nitrogen and oxygen atoms in total. The number of nitrogens with one attached hydrogen (secondary N) is 1. The highest BCUT2D eigenvalue weighted by molar-refractivity contribution is 7.11. The van der Waals surface area contributed by atoms with Gasteiger partial charge in [0, 0.05) is 42.3 Å². The Morgan fingerprint density at radius 2 is 2.12 bits per heavy atom. The molecule has 1 aliphatic rings. The van der Waals surface area contributed by atoms with Crippen LogP contribution in [0.2, 0.25) is 0 Å². The van der Waals surface area contributed by atoms with Crippen LogP contribution in [0.5, 0.6) is 0 Å². The Balaban J connectivity index is 1.91. The fourth-order valence-electron chi connectivity index (χ4n) is 1.89. The number of aromatic nitrogens is 1. The predicted octanol–water partition coefficient (Wildman–Crippen LogP) is 2.93. The number of hydrogen-bond donors (Lipinski definition) is 1. The number of thiazole rings is 1. The van der Waals surface area contributed by atoms with Gasteiger partial charge in [-0.15, -0.1) is 11.3 Å². The van der Waals surface area contributed by atoms with Crippen LogP contribution in [-0.4, -0.2) is 23.7 Å². The van der Waals surface area contributed by atoms with Crippen molar-refractivity contribution < 1.29 is 4.74 Å². The quantitative estimate of drug-likeness (QED) is 0.900. The van der Waals surface area contributed by atoms with Crippen LogP contribution >= 0.6 is 11.3 Å². The van der Waals surface area contributed by atoms with Gasteiger partial charge in [-0.05, 0) is 33.6 Å². The van der Waals surface area contributed by atoms with Crippen molar-refractivity contribution >= 4 is 11.3 Å². The maximum atomic E-state index is 5.38. The summed E-state index contributed by atoms with van der Waals surface area (Å²) in [6.07, 6.45) is 4.27. The van der Waals surface area contributed by atoms with E-state index in [2.05, 4.69) is 31.1 Å². The second-order valence-electron chi connectivity index (χ2n) is 5.66. The lowest BCUT2D eigenvalue weighted by Crippen LogP contribution is -2.34. The lowest BCUT2D eigenvalue weighted by atomic mass is 10.0. The Labute approximate surface area is 108 Å². The minimum Gasteiger partial charge on any atom is -0.381 e. The van der Waals surface area contributed by atoms with Crippen LogP contribution < -0.4 is 5.32 Å². The summed E-state index contributed by atoms with van der Waals surface area (Å²) in [5.41, 5.74) is 0.169. The number of ether oxygens (including phenoxy) is 1. The molecule has 1 aromatic heterocycles. The highest BCUT2D eigenvalue weighted by Gasteiger charge is 2.19. The molecule has 17 heavy (non-hydrogen) atoms. The smallest absolute Gasteiger partial charge is 0.0960 e. The van der Waals surface area contributed by atoms with E-state index in [9.17, 15) is 0 Å². The Morgan fingerprint density at radius 3 is 2.76 bits per heavy atom. The second-order valence-corrected chi connectivity index (χ2v) is 6.80. The zero-order chi connectivity index (χ0) is 12.3. The number of rotatable bonds is 3. The van der Waals surface area contributed by atoms with Gasteiger partial charge in [0.05, 0.1) is 5.01 Å². The first-order valence-corrected chi connectivity index (χ1v) is 7.13. The van der Waals surface area contributed by atoms with E-state index in [0.29, 0.717) is 5.92 Å². The van der Waals surface area contributed by atoms with Crippen molar-refractivity contribution in [3.8, 4) is 0 Å². The van der Waals surface area contributed by atoms with E-state index in [4.69, 9.17) is 4.74 Å². The van der Waals surface area contributed by atoms with Crippen LogP contribution in [0, 0.1) is 0 Å².